The molecule has 12 heteroatoms. The number of hydrogen-bond donors (Lipinski definition) is 2. The third-order valence-electron chi connectivity index (χ3n) is 4.65. The lowest BCUT2D eigenvalue weighted by molar-refractivity contribution is 0.0531. The molecule has 0 spiro atoms. The molecule has 0 radical (unpaired) electrons. The van der Waals surface area contributed by atoms with Gasteiger partial charge in [-0.15, -0.1) is 5.10 Å². The number of nitrogens with one attached hydrogen (secondary N) is 1. The third-order valence-corrected chi connectivity index (χ3v) is 6.36. The van der Waals surface area contributed by atoms with E-state index in [1.165, 1.54) is 4.68 Å². The van der Waals surface area contributed by atoms with Crippen LogP contribution in [0.2, 0.25) is 25.7 Å². The molecule has 0 unspecified atom stereocenters. The molecule has 0 aliphatic carbocycles. The lowest BCUT2D eigenvalue weighted by Crippen LogP contribution is -2.34. The van der Waals surface area contributed by atoms with E-state index in [-0.39, 0.29) is 31.3 Å². The zero-order valence-electron chi connectivity index (χ0n) is 21.8. The zero-order valence-corrected chi connectivity index (χ0v) is 22.8. The maximum absolute atomic E-state index is 13.2. The average molecular weight is 522 g/mol. The Morgan fingerprint density at radius 3 is 2.42 bits per heavy atom. The fraction of sp³-hybridized carbons (Fsp3) is 0.500. The maximum Gasteiger partial charge on any atom is 0.407 e. The molecule has 198 valence electrons. The van der Waals surface area contributed by atoms with Gasteiger partial charge in [0, 0.05) is 32.4 Å². The van der Waals surface area contributed by atoms with Gasteiger partial charge in [-0.1, -0.05) is 19.6 Å². The minimum atomic E-state index is -1.24. The first-order valence-electron chi connectivity index (χ1n) is 11.6. The second-order valence-electron chi connectivity index (χ2n) is 10.4. The zero-order chi connectivity index (χ0) is 26.9. The van der Waals surface area contributed by atoms with Crippen LogP contribution in [-0.4, -0.2) is 60.2 Å². The van der Waals surface area contributed by atoms with E-state index in [1.54, 1.807) is 45.0 Å². The number of amides is 2. The lowest BCUT2D eigenvalue weighted by atomic mass is 10.2. The van der Waals surface area contributed by atoms with Crippen LogP contribution in [-0.2, 0) is 16.2 Å². The Balaban J connectivity index is 2.00. The van der Waals surface area contributed by atoms with Gasteiger partial charge in [-0.25, -0.2) is 18.9 Å². The molecule has 1 heterocycles. The number of carbonyl (C=O) groups is 2. The number of carbonyl (C=O) groups excluding carboxylic acids is 2. The molecule has 36 heavy (non-hydrogen) atoms. The molecule has 3 N–H and O–H groups in total. The normalized spacial score (nSPS) is 12.4. The summed E-state index contributed by atoms with van der Waals surface area (Å²) in [7, 11) is -1.24. The van der Waals surface area contributed by atoms with Gasteiger partial charge in [0.2, 0.25) is 5.82 Å². The molecule has 10 nitrogen and oxygen atoms in total. The number of rotatable bonds is 12. The number of hydrogen-bond acceptors (Lipinski definition) is 7. The summed E-state index contributed by atoms with van der Waals surface area (Å²) in [5.41, 5.74) is 5.61. The highest BCUT2D eigenvalue weighted by molar-refractivity contribution is 6.76. The second kappa shape index (κ2) is 12.6. The van der Waals surface area contributed by atoms with Crippen LogP contribution >= 0.6 is 0 Å². The van der Waals surface area contributed by atoms with E-state index >= 15 is 0 Å². The van der Waals surface area contributed by atoms with Crippen molar-refractivity contribution in [3.8, 4) is 17.1 Å². The van der Waals surface area contributed by atoms with Crippen molar-refractivity contribution in [2.45, 2.75) is 58.8 Å². The van der Waals surface area contributed by atoms with Crippen LogP contribution in [0, 0.1) is 0 Å². The molecule has 2 amide bonds. The number of aromatic nitrogens is 3. The Bertz CT molecular complexity index is 1060. The predicted molar refractivity (Wildman–Crippen MR) is 137 cm³/mol. The minimum absolute atomic E-state index is 0.0554. The van der Waals surface area contributed by atoms with E-state index in [0.29, 0.717) is 30.1 Å². The van der Waals surface area contributed by atoms with Gasteiger partial charge < -0.3 is 25.3 Å². The van der Waals surface area contributed by atoms with E-state index in [0.717, 1.165) is 6.04 Å². The van der Waals surface area contributed by atoms with E-state index in [2.05, 4.69) is 35.0 Å². The summed E-state index contributed by atoms with van der Waals surface area (Å²) in [5.74, 6) is 0.0640. The molecule has 1 aromatic carbocycles. The average Bonchev–Trinajstić information content (AvgIpc) is 3.20. The Hall–Kier alpha value is -3.25. The van der Waals surface area contributed by atoms with E-state index in [9.17, 15) is 14.0 Å². The Labute approximate surface area is 212 Å². The van der Waals surface area contributed by atoms with Gasteiger partial charge in [-0.2, -0.15) is 0 Å². The van der Waals surface area contributed by atoms with Gasteiger partial charge >= 0.3 is 6.09 Å². The third kappa shape index (κ3) is 10.2. The van der Waals surface area contributed by atoms with Gasteiger partial charge in [0.25, 0.3) is 5.91 Å². The van der Waals surface area contributed by atoms with Crippen molar-refractivity contribution in [1.82, 2.24) is 20.1 Å². The van der Waals surface area contributed by atoms with Gasteiger partial charge in [-0.3, -0.25) is 4.79 Å². The standard InChI is InChI=1S/C24H36FN5O5Si/c1-24(2,3)35-23(32)27-14-17(13-25)15-34-19-9-7-18(8-10-19)22-28-21(20(26)31)29-30(22)16-33-11-12-36(4,5)6/h7-10,13H,11-12,14-16H2,1-6H3,(H2,26,31)(H,27,32)/b17-13+. The largest absolute Gasteiger partial charge is 0.489 e. The van der Waals surface area contributed by atoms with Crippen molar-refractivity contribution in [2.24, 2.45) is 5.73 Å². The topological polar surface area (TPSA) is 131 Å². The molecule has 0 atom stereocenters. The molecule has 0 fully saturated rings. The first kappa shape index (κ1) is 29.0. The number of benzene rings is 1. The van der Waals surface area contributed by atoms with Crippen molar-refractivity contribution < 1.29 is 28.2 Å². The fourth-order valence-electron chi connectivity index (χ4n) is 2.78. The monoisotopic (exact) mass is 521 g/mol. The van der Waals surface area contributed by atoms with Crippen LogP contribution in [0.3, 0.4) is 0 Å². The maximum atomic E-state index is 13.2. The smallest absolute Gasteiger partial charge is 0.407 e. The molecule has 0 saturated heterocycles. The number of ether oxygens (including phenoxy) is 3. The fourth-order valence-corrected chi connectivity index (χ4v) is 3.53. The molecule has 1 aromatic heterocycles. The summed E-state index contributed by atoms with van der Waals surface area (Å²) >= 11 is 0. The summed E-state index contributed by atoms with van der Waals surface area (Å²) < 4.78 is 31.3. The number of halogens is 1. The minimum Gasteiger partial charge on any atom is -0.489 e. The second-order valence-corrected chi connectivity index (χ2v) is 16.0. The summed E-state index contributed by atoms with van der Waals surface area (Å²) in [6.07, 6.45) is -0.253. The summed E-state index contributed by atoms with van der Waals surface area (Å²) in [6.45, 7) is 12.6. The van der Waals surface area contributed by atoms with Crippen molar-refractivity contribution >= 4 is 20.1 Å². The molecule has 0 aliphatic rings. The molecule has 0 aliphatic heterocycles. The van der Waals surface area contributed by atoms with Crippen LogP contribution in [0.5, 0.6) is 5.75 Å². The highest BCUT2D eigenvalue weighted by Crippen LogP contribution is 2.22. The lowest BCUT2D eigenvalue weighted by Gasteiger charge is -2.20. The number of nitrogens with two attached hydrogens (primary N) is 1. The van der Waals surface area contributed by atoms with Crippen LogP contribution in [0.25, 0.3) is 11.4 Å². The van der Waals surface area contributed by atoms with E-state index in [1.807, 2.05) is 0 Å². The molecule has 2 aromatic rings. The number of alkyl carbamates (subject to hydrolysis) is 1. The van der Waals surface area contributed by atoms with E-state index < -0.39 is 25.7 Å². The van der Waals surface area contributed by atoms with Crippen LogP contribution in [0.4, 0.5) is 9.18 Å². The Morgan fingerprint density at radius 1 is 1.19 bits per heavy atom. The number of nitrogens with zero attached hydrogens (tertiary/aromatic N) is 3. The quantitative estimate of drug-likeness (QED) is 0.317. The van der Waals surface area contributed by atoms with Crippen molar-refractivity contribution in [3.05, 3.63) is 42.0 Å². The Kier molecular flexibility index (Phi) is 10.2. The van der Waals surface area contributed by atoms with Gasteiger partial charge in [0.05, 0.1) is 6.33 Å². The van der Waals surface area contributed by atoms with Crippen LogP contribution in [0.1, 0.15) is 31.4 Å². The molecular formula is C24H36FN5O5Si. The van der Waals surface area contributed by atoms with Crippen LogP contribution < -0.4 is 15.8 Å². The van der Waals surface area contributed by atoms with Gasteiger partial charge in [0.1, 0.15) is 24.7 Å². The van der Waals surface area contributed by atoms with Crippen LogP contribution in [0.15, 0.2) is 36.2 Å². The van der Waals surface area contributed by atoms with Crippen molar-refractivity contribution in [1.29, 1.82) is 0 Å². The number of primary amides is 1. The summed E-state index contributed by atoms with van der Waals surface area (Å²) in [4.78, 5) is 27.6. The molecule has 2 rings (SSSR count). The highest BCUT2D eigenvalue weighted by Gasteiger charge is 2.18. The van der Waals surface area contributed by atoms with Gasteiger partial charge in [-0.05, 0) is 51.1 Å². The molecule has 0 bridgehead atoms. The predicted octanol–water partition coefficient (Wildman–Crippen LogP) is 4.11. The molecular weight excluding hydrogens is 485 g/mol. The van der Waals surface area contributed by atoms with E-state index in [4.69, 9.17) is 19.9 Å². The SMILES string of the molecule is CC(C)(C)OC(=O)NC/C(=C\F)COc1ccc(-c2nc(C(N)=O)nn2COCC[Si](C)(C)C)cc1. The highest BCUT2D eigenvalue weighted by atomic mass is 28.3. The van der Waals surface area contributed by atoms with Crippen molar-refractivity contribution in [3.63, 3.8) is 0 Å². The first-order valence-corrected chi connectivity index (χ1v) is 15.3. The first-order chi connectivity index (χ1) is 16.8. The van der Waals surface area contributed by atoms with Gasteiger partial charge in [0.15, 0.2) is 5.82 Å². The summed E-state index contributed by atoms with van der Waals surface area (Å²) in [6, 6.07) is 7.83. The van der Waals surface area contributed by atoms with Crippen molar-refractivity contribution in [2.75, 3.05) is 19.8 Å². The molecule has 0 saturated carbocycles. The summed E-state index contributed by atoms with van der Waals surface area (Å²) in [5, 5.41) is 6.65. The Morgan fingerprint density at radius 2 is 1.86 bits per heavy atom.